The molecule has 146 valence electrons. The highest BCUT2D eigenvalue weighted by Gasteiger charge is 2.27. The molecule has 0 radical (unpaired) electrons. The van der Waals surface area contributed by atoms with Crippen LogP contribution < -0.4 is 15.0 Å². The quantitative estimate of drug-likeness (QED) is 0.385. The number of carbonyl (C=O) groups is 1. The van der Waals surface area contributed by atoms with Gasteiger partial charge in [-0.3, -0.25) is 4.90 Å². The van der Waals surface area contributed by atoms with Crippen molar-refractivity contribution in [2.24, 2.45) is 0 Å². The molecule has 1 aliphatic heterocycles. The second-order valence-corrected chi connectivity index (χ2v) is 7.83. The van der Waals surface area contributed by atoms with Crippen LogP contribution >= 0.6 is 11.8 Å². The predicted octanol–water partition coefficient (Wildman–Crippen LogP) is 7.31. The number of para-hydroxylation sites is 3. The average molecular weight is 410 g/mol. The molecule has 1 aliphatic rings. The Morgan fingerprint density at radius 2 is 1.20 bits per heavy atom. The minimum atomic E-state index is -0.202. The number of ether oxygens (including phenoxy) is 1. The van der Waals surface area contributed by atoms with Crippen LogP contribution in [0.25, 0.3) is 0 Å². The summed E-state index contributed by atoms with van der Waals surface area (Å²) in [6.45, 7) is 0. The van der Waals surface area contributed by atoms with Crippen molar-refractivity contribution in [2.75, 3.05) is 10.2 Å². The van der Waals surface area contributed by atoms with Gasteiger partial charge in [-0.2, -0.15) is 0 Å². The van der Waals surface area contributed by atoms with Gasteiger partial charge in [-0.05, 0) is 60.7 Å². The summed E-state index contributed by atoms with van der Waals surface area (Å²) in [5, 5.41) is 3.01. The monoisotopic (exact) mass is 410 g/mol. The number of urea groups is 1. The first-order valence-corrected chi connectivity index (χ1v) is 10.4. The molecular weight excluding hydrogens is 392 g/mol. The molecule has 30 heavy (non-hydrogen) atoms. The number of rotatable bonds is 3. The molecule has 5 rings (SSSR count). The second-order valence-electron chi connectivity index (χ2n) is 6.74. The number of nitrogens with zero attached hydrogens (tertiary/aromatic N) is 1. The van der Waals surface area contributed by atoms with Crippen LogP contribution in [0.15, 0.2) is 113 Å². The van der Waals surface area contributed by atoms with Crippen LogP contribution in [0.1, 0.15) is 0 Å². The van der Waals surface area contributed by atoms with Gasteiger partial charge in [0.25, 0.3) is 0 Å². The lowest BCUT2D eigenvalue weighted by molar-refractivity contribution is 0.259. The summed E-state index contributed by atoms with van der Waals surface area (Å²) in [7, 11) is 0. The Labute approximate surface area is 179 Å². The van der Waals surface area contributed by atoms with Gasteiger partial charge in [0, 0.05) is 15.5 Å². The van der Waals surface area contributed by atoms with Crippen molar-refractivity contribution in [3.05, 3.63) is 103 Å². The molecule has 4 nitrogen and oxygen atoms in total. The molecule has 0 aromatic heterocycles. The Kier molecular flexibility index (Phi) is 4.87. The van der Waals surface area contributed by atoms with Gasteiger partial charge in [-0.15, -0.1) is 0 Å². The minimum Gasteiger partial charge on any atom is -0.457 e. The minimum absolute atomic E-state index is 0.202. The highest BCUT2D eigenvalue weighted by atomic mass is 32.2. The summed E-state index contributed by atoms with van der Waals surface area (Å²) < 4.78 is 5.82. The van der Waals surface area contributed by atoms with E-state index in [4.69, 9.17) is 4.74 Å². The number of carbonyl (C=O) groups excluding carboxylic acids is 1. The normalized spacial score (nSPS) is 11.9. The van der Waals surface area contributed by atoms with E-state index >= 15 is 0 Å². The molecule has 0 atom stereocenters. The van der Waals surface area contributed by atoms with Crippen molar-refractivity contribution in [1.82, 2.24) is 0 Å². The zero-order valence-electron chi connectivity index (χ0n) is 16.0. The van der Waals surface area contributed by atoms with Crippen LogP contribution in [0.3, 0.4) is 0 Å². The third-order valence-electron chi connectivity index (χ3n) is 4.72. The van der Waals surface area contributed by atoms with E-state index in [9.17, 15) is 4.79 Å². The predicted molar refractivity (Wildman–Crippen MR) is 121 cm³/mol. The van der Waals surface area contributed by atoms with Crippen LogP contribution in [0.4, 0.5) is 21.9 Å². The van der Waals surface area contributed by atoms with Gasteiger partial charge < -0.3 is 10.1 Å². The van der Waals surface area contributed by atoms with Crippen molar-refractivity contribution in [1.29, 1.82) is 0 Å². The molecular formula is C25H18N2O2S. The molecule has 5 heteroatoms. The Bertz CT molecular complexity index is 1150. The molecule has 0 saturated carbocycles. The fourth-order valence-electron chi connectivity index (χ4n) is 3.33. The van der Waals surface area contributed by atoms with Crippen LogP contribution in [-0.4, -0.2) is 6.03 Å². The van der Waals surface area contributed by atoms with Crippen molar-refractivity contribution < 1.29 is 9.53 Å². The third-order valence-corrected chi connectivity index (χ3v) is 5.85. The van der Waals surface area contributed by atoms with Gasteiger partial charge in [-0.25, -0.2) is 4.79 Å². The Morgan fingerprint density at radius 1 is 0.667 bits per heavy atom. The van der Waals surface area contributed by atoms with Gasteiger partial charge in [0.05, 0.1) is 11.4 Å². The highest BCUT2D eigenvalue weighted by Crippen LogP contribution is 2.48. The Hall–Kier alpha value is -3.70. The van der Waals surface area contributed by atoms with Crippen molar-refractivity contribution in [3.8, 4) is 11.5 Å². The Morgan fingerprint density at radius 3 is 1.83 bits per heavy atom. The summed E-state index contributed by atoms with van der Waals surface area (Å²) in [5.41, 5.74) is 2.46. The highest BCUT2D eigenvalue weighted by molar-refractivity contribution is 7.99. The van der Waals surface area contributed by atoms with E-state index in [0.29, 0.717) is 11.4 Å². The molecule has 4 aromatic rings. The molecule has 1 N–H and O–H groups in total. The average Bonchev–Trinajstić information content (AvgIpc) is 2.79. The summed E-state index contributed by atoms with van der Waals surface area (Å²) >= 11 is 1.67. The molecule has 2 amide bonds. The molecule has 0 aliphatic carbocycles. The van der Waals surface area contributed by atoms with E-state index in [1.54, 1.807) is 16.7 Å². The van der Waals surface area contributed by atoms with Gasteiger partial charge in [-0.1, -0.05) is 54.2 Å². The van der Waals surface area contributed by atoms with E-state index in [1.807, 2.05) is 103 Å². The third kappa shape index (κ3) is 3.63. The smallest absolute Gasteiger partial charge is 0.331 e. The standard InChI is InChI=1S/C25H18N2O2S/c28-25(26-18-14-16-20(17-15-18)29-19-8-2-1-3-9-19)27-21-10-4-6-12-23(21)30-24-13-7-5-11-22(24)27/h1-17H,(H,26,28). The topological polar surface area (TPSA) is 41.6 Å². The van der Waals surface area contributed by atoms with E-state index in [2.05, 4.69) is 5.32 Å². The number of hydrogen-bond donors (Lipinski definition) is 1. The summed E-state index contributed by atoms with van der Waals surface area (Å²) in [4.78, 5) is 17.1. The largest absolute Gasteiger partial charge is 0.457 e. The molecule has 4 aromatic carbocycles. The fraction of sp³-hybridized carbons (Fsp3) is 0. The number of hydrogen-bond acceptors (Lipinski definition) is 3. The molecule has 0 spiro atoms. The Balaban J connectivity index is 1.38. The van der Waals surface area contributed by atoms with E-state index in [-0.39, 0.29) is 6.03 Å². The SMILES string of the molecule is O=C(Nc1ccc(Oc2ccccc2)cc1)N1c2ccccc2Sc2ccccc21. The first-order chi connectivity index (χ1) is 14.8. The second kappa shape index (κ2) is 7.97. The van der Waals surface area contributed by atoms with Crippen molar-refractivity contribution in [3.63, 3.8) is 0 Å². The lowest BCUT2D eigenvalue weighted by atomic mass is 10.2. The molecule has 0 saturated heterocycles. The van der Waals surface area contributed by atoms with E-state index in [0.717, 1.165) is 26.9 Å². The van der Waals surface area contributed by atoms with Crippen LogP contribution in [-0.2, 0) is 0 Å². The van der Waals surface area contributed by atoms with Crippen molar-refractivity contribution >= 4 is 34.9 Å². The van der Waals surface area contributed by atoms with Gasteiger partial charge in [0.15, 0.2) is 0 Å². The van der Waals surface area contributed by atoms with Crippen LogP contribution in [0.2, 0.25) is 0 Å². The zero-order valence-corrected chi connectivity index (χ0v) is 16.8. The maximum Gasteiger partial charge on any atom is 0.331 e. The van der Waals surface area contributed by atoms with Gasteiger partial charge >= 0.3 is 6.03 Å². The van der Waals surface area contributed by atoms with E-state index < -0.39 is 0 Å². The lowest BCUT2D eigenvalue weighted by Gasteiger charge is -2.31. The van der Waals surface area contributed by atoms with Crippen LogP contribution in [0, 0.1) is 0 Å². The lowest BCUT2D eigenvalue weighted by Crippen LogP contribution is -2.32. The number of amides is 2. The number of nitrogens with one attached hydrogen (secondary N) is 1. The van der Waals surface area contributed by atoms with Gasteiger partial charge in [0.1, 0.15) is 11.5 Å². The first kappa shape index (κ1) is 18.3. The number of benzene rings is 4. The molecule has 0 fully saturated rings. The van der Waals surface area contributed by atoms with E-state index in [1.165, 1.54) is 0 Å². The fourth-order valence-corrected chi connectivity index (χ4v) is 4.39. The summed E-state index contributed by atoms with van der Waals surface area (Å²) in [5.74, 6) is 1.48. The number of anilines is 3. The van der Waals surface area contributed by atoms with Gasteiger partial charge in [0.2, 0.25) is 0 Å². The molecule has 1 heterocycles. The first-order valence-electron chi connectivity index (χ1n) is 9.58. The summed E-state index contributed by atoms with van der Waals surface area (Å²) in [6, 6.07) is 32.6. The maximum atomic E-state index is 13.2. The zero-order chi connectivity index (χ0) is 20.3. The van der Waals surface area contributed by atoms with Crippen molar-refractivity contribution in [2.45, 2.75) is 9.79 Å². The summed E-state index contributed by atoms with van der Waals surface area (Å²) in [6.07, 6.45) is 0. The molecule has 0 unspecified atom stereocenters. The van der Waals surface area contributed by atoms with Crippen LogP contribution in [0.5, 0.6) is 11.5 Å². The maximum absolute atomic E-state index is 13.2. The molecule has 0 bridgehead atoms. The number of fused-ring (bicyclic) bond motifs is 2.